The van der Waals surface area contributed by atoms with Gasteiger partial charge < -0.3 is 14.6 Å². The van der Waals surface area contributed by atoms with Crippen LogP contribution in [-0.4, -0.2) is 23.2 Å². The molecule has 1 amide bonds. The molecule has 1 heterocycles. The van der Waals surface area contributed by atoms with E-state index in [-0.39, 0.29) is 30.0 Å². The summed E-state index contributed by atoms with van der Waals surface area (Å²) in [5.74, 6) is -0.729. The van der Waals surface area contributed by atoms with Crippen molar-refractivity contribution in [2.45, 2.75) is 32.9 Å². The molecule has 2 aromatic rings. The van der Waals surface area contributed by atoms with Crippen LogP contribution in [0.4, 0.5) is 10.1 Å². The molecule has 0 aliphatic rings. The average molecular weight is 338 g/mol. The second-order valence-corrected chi connectivity index (χ2v) is 6.03. The summed E-state index contributed by atoms with van der Waals surface area (Å²) in [5.41, 5.74) is 1.00. The lowest BCUT2D eigenvalue weighted by Gasteiger charge is -2.13. The van der Waals surface area contributed by atoms with Gasteiger partial charge in [0.25, 0.3) is 0 Å². The fourth-order valence-corrected chi connectivity index (χ4v) is 2.51. The summed E-state index contributed by atoms with van der Waals surface area (Å²) >= 11 is 1.07. The van der Waals surface area contributed by atoms with Crippen LogP contribution < -0.4 is 10.2 Å². The molecule has 23 heavy (non-hydrogen) atoms. The van der Waals surface area contributed by atoms with Gasteiger partial charge in [-0.15, -0.1) is 0 Å². The number of carbonyl (C=O) groups excluding carboxylic acids is 1. The summed E-state index contributed by atoms with van der Waals surface area (Å²) in [7, 11) is 0. The average Bonchev–Trinajstić information content (AvgIpc) is 2.92. The van der Waals surface area contributed by atoms with E-state index in [0.717, 1.165) is 17.8 Å². The van der Waals surface area contributed by atoms with E-state index in [4.69, 9.17) is 4.74 Å². The molecule has 1 aromatic heterocycles. The molecule has 0 radical (unpaired) electrons. The van der Waals surface area contributed by atoms with Crippen molar-refractivity contribution in [3.63, 3.8) is 0 Å². The van der Waals surface area contributed by atoms with E-state index >= 15 is 0 Å². The van der Waals surface area contributed by atoms with Crippen molar-refractivity contribution in [2.75, 3.05) is 11.9 Å². The van der Waals surface area contributed by atoms with Crippen molar-refractivity contribution in [1.82, 2.24) is 4.57 Å². The van der Waals surface area contributed by atoms with Gasteiger partial charge >= 0.3 is 4.87 Å². The van der Waals surface area contributed by atoms with Crippen LogP contribution in [0.3, 0.4) is 0 Å². The molecule has 2 rings (SSSR count). The summed E-state index contributed by atoms with van der Waals surface area (Å²) in [5, 5.41) is 4.37. The normalized spacial score (nSPS) is 12.1. The van der Waals surface area contributed by atoms with Gasteiger partial charge in [-0.25, -0.2) is 4.39 Å². The minimum Gasteiger partial charge on any atom is -0.369 e. The summed E-state index contributed by atoms with van der Waals surface area (Å²) in [6, 6.07) is 4.07. The molecular weight excluding hydrogens is 319 g/mol. The Hall–Kier alpha value is -1.99. The topological polar surface area (TPSA) is 60.3 Å². The third-order valence-electron chi connectivity index (χ3n) is 3.40. The lowest BCUT2D eigenvalue weighted by Crippen LogP contribution is -2.23. The van der Waals surface area contributed by atoms with Gasteiger partial charge in [0.05, 0.1) is 12.6 Å². The molecule has 7 heteroatoms. The third-order valence-corrected chi connectivity index (χ3v) is 4.09. The molecule has 124 valence electrons. The van der Waals surface area contributed by atoms with Crippen LogP contribution in [0.5, 0.6) is 0 Å². The Labute approximate surface area is 137 Å². The van der Waals surface area contributed by atoms with Crippen molar-refractivity contribution < 1.29 is 13.9 Å². The number of rotatable bonds is 7. The van der Waals surface area contributed by atoms with Gasteiger partial charge in [0, 0.05) is 17.3 Å². The zero-order chi connectivity index (χ0) is 16.8. The first-order valence-electron chi connectivity index (χ1n) is 7.33. The van der Waals surface area contributed by atoms with Crippen molar-refractivity contribution in [3.05, 3.63) is 50.8 Å². The number of thiazole rings is 1. The Morgan fingerprint density at radius 1 is 1.48 bits per heavy atom. The van der Waals surface area contributed by atoms with Gasteiger partial charge in [-0.05, 0) is 37.1 Å². The fourth-order valence-electron chi connectivity index (χ4n) is 1.93. The number of hydrogen-bond donors (Lipinski definition) is 1. The highest BCUT2D eigenvalue weighted by Crippen LogP contribution is 2.18. The highest BCUT2D eigenvalue weighted by Gasteiger charge is 2.11. The van der Waals surface area contributed by atoms with Crippen LogP contribution in [0, 0.1) is 5.82 Å². The molecular formula is C16H19FN2O3S. The molecule has 0 fully saturated rings. The van der Waals surface area contributed by atoms with E-state index in [0.29, 0.717) is 11.3 Å². The number of halogens is 1. The quantitative estimate of drug-likeness (QED) is 0.844. The van der Waals surface area contributed by atoms with Gasteiger partial charge in [-0.1, -0.05) is 18.3 Å². The Bertz CT molecular complexity index is 726. The maximum atomic E-state index is 13.5. The minimum absolute atomic E-state index is 0.00202. The molecule has 0 aliphatic carbocycles. The maximum absolute atomic E-state index is 13.5. The Kier molecular flexibility index (Phi) is 6.06. The van der Waals surface area contributed by atoms with Gasteiger partial charge in [0.15, 0.2) is 0 Å². The molecule has 1 aromatic carbocycles. The summed E-state index contributed by atoms with van der Waals surface area (Å²) < 4.78 is 20.3. The smallest absolute Gasteiger partial charge is 0.307 e. The monoisotopic (exact) mass is 338 g/mol. The summed E-state index contributed by atoms with van der Waals surface area (Å²) in [6.07, 6.45) is 2.45. The van der Waals surface area contributed by atoms with Gasteiger partial charge in [0.1, 0.15) is 12.4 Å². The maximum Gasteiger partial charge on any atom is 0.307 e. The molecule has 0 bridgehead atoms. The number of ether oxygens (including phenoxy) is 1. The fraction of sp³-hybridized carbons (Fsp3) is 0.375. The highest BCUT2D eigenvalue weighted by atomic mass is 32.1. The molecule has 0 spiro atoms. The number of aromatic nitrogens is 1. The van der Waals surface area contributed by atoms with Crippen LogP contribution >= 0.6 is 11.3 Å². The lowest BCUT2D eigenvalue weighted by molar-refractivity contribution is -0.122. The van der Waals surface area contributed by atoms with E-state index in [2.05, 4.69) is 5.32 Å². The molecule has 0 saturated carbocycles. The Morgan fingerprint density at radius 3 is 2.91 bits per heavy atom. The lowest BCUT2D eigenvalue weighted by atomic mass is 10.1. The number of amides is 1. The van der Waals surface area contributed by atoms with E-state index in [1.807, 2.05) is 13.8 Å². The summed E-state index contributed by atoms with van der Waals surface area (Å²) in [4.78, 5) is 23.4. The number of nitrogens with zero attached hydrogens (tertiary/aromatic N) is 1. The molecule has 5 nitrogen and oxygen atoms in total. The van der Waals surface area contributed by atoms with Gasteiger partial charge in [-0.3, -0.25) is 9.59 Å². The van der Waals surface area contributed by atoms with Gasteiger partial charge in [0.2, 0.25) is 5.91 Å². The van der Waals surface area contributed by atoms with Crippen LogP contribution in [0.1, 0.15) is 25.8 Å². The van der Waals surface area contributed by atoms with E-state index in [9.17, 15) is 14.0 Å². The largest absolute Gasteiger partial charge is 0.369 e. The Balaban J connectivity index is 2.11. The van der Waals surface area contributed by atoms with Crippen LogP contribution in [0.2, 0.25) is 0 Å². The van der Waals surface area contributed by atoms with E-state index < -0.39 is 5.82 Å². The third kappa shape index (κ3) is 5.01. The summed E-state index contributed by atoms with van der Waals surface area (Å²) in [6.45, 7) is 3.99. The van der Waals surface area contributed by atoms with Crippen LogP contribution in [-0.2, 0) is 16.1 Å². The molecule has 0 aliphatic heterocycles. The molecule has 0 saturated heterocycles. The molecule has 0 unspecified atom stereocenters. The SMILES string of the molecule is CC[C@H](C)OCC(=O)Nc1ccc(F)cc1Cn1ccsc1=O. The van der Waals surface area contributed by atoms with Crippen molar-refractivity contribution in [1.29, 1.82) is 0 Å². The minimum atomic E-state index is -0.419. The highest BCUT2D eigenvalue weighted by molar-refractivity contribution is 7.07. The number of carbonyl (C=O) groups is 1. The van der Waals surface area contributed by atoms with Crippen LogP contribution in [0.25, 0.3) is 0 Å². The zero-order valence-electron chi connectivity index (χ0n) is 13.0. The number of benzene rings is 1. The first-order chi connectivity index (χ1) is 11.0. The predicted octanol–water partition coefficient (Wildman–Crippen LogP) is 2.85. The zero-order valence-corrected chi connectivity index (χ0v) is 13.9. The van der Waals surface area contributed by atoms with Crippen molar-refractivity contribution in [3.8, 4) is 0 Å². The van der Waals surface area contributed by atoms with Gasteiger partial charge in [-0.2, -0.15) is 0 Å². The molecule has 1 N–H and O–H groups in total. The van der Waals surface area contributed by atoms with Crippen LogP contribution in [0.15, 0.2) is 34.6 Å². The number of hydrogen-bond acceptors (Lipinski definition) is 4. The standard InChI is InChI=1S/C16H19FN2O3S/c1-3-11(2)22-10-15(20)18-14-5-4-13(17)8-12(14)9-19-6-7-23-16(19)21/h4-8,11H,3,9-10H2,1-2H3,(H,18,20)/t11-/m0/s1. The number of nitrogens with one attached hydrogen (secondary N) is 1. The second-order valence-electron chi connectivity index (χ2n) is 5.18. The molecule has 1 atom stereocenters. The van der Waals surface area contributed by atoms with Crippen molar-refractivity contribution in [2.24, 2.45) is 0 Å². The van der Waals surface area contributed by atoms with E-state index in [1.54, 1.807) is 11.6 Å². The Morgan fingerprint density at radius 2 is 2.26 bits per heavy atom. The second kappa shape index (κ2) is 8.03. The number of anilines is 1. The first-order valence-corrected chi connectivity index (χ1v) is 8.21. The predicted molar refractivity (Wildman–Crippen MR) is 88.4 cm³/mol. The van der Waals surface area contributed by atoms with E-state index in [1.165, 1.54) is 22.8 Å². The van der Waals surface area contributed by atoms with Crippen molar-refractivity contribution >= 4 is 22.9 Å². The first kappa shape index (κ1) is 17.4.